The topological polar surface area (TPSA) is 37.4 Å². The van der Waals surface area contributed by atoms with Crippen LogP contribution < -0.4 is 10.1 Å². The second kappa shape index (κ2) is 6.87. The van der Waals surface area contributed by atoms with Crippen molar-refractivity contribution >= 4 is 0 Å². The minimum absolute atomic E-state index is 0.647. The average Bonchev–Trinajstić information content (AvgIpc) is 2.91. The third kappa shape index (κ3) is 3.91. The van der Waals surface area contributed by atoms with Gasteiger partial charge in [0.1, 0.15) is 5.75 Å². The number of aromatic nitrogens is 1. The molecule has 1 aliphatic rings. The van der Waals surface area contributed by atoms with Gasteiger partial charge in [-0.15, -0.1) is 0 Å². The molecule has 0 aromatic carbocycles. The molecule has 1 aromatic rings. The van der Waals surface area contributed by atoms with Gasteiger partial charge in [-0.05, 0) is 32.9 Å². The molecule has 0 amide bonds. The van der Waals surface area contributed by atoms with Gasteiger partial charge in [0.15, 0.2) is 0 Å². The van der Waals surface area contributed by atoms with Crippen molar-refractivity contribution in [1.82, 2.24) is 15.2 Å². The summed E-state index contributed by atoms with van der Waals surface area (Å²) in [6.45, 7) is 8.54. The monoisotopic (exact) mass is 263 g/mol. The quantitative estimate of drug-likeness (QED) is 0.851. The largest absolute Gasteiger partial charge is 0.497 e. The van der Waals surface area contributed by atoms with Crippen molar-refractivity contribution in [3.05, 3.63) is 23.5 Å². The van der Waals surface area contributed by atoms with Gasteiger partial charge < -0.3 is 10.1 Å². The van der Waals surface area contributed by atoms with Crippen LogP contribution in [0.5, 0.6) is 5.75 Å². The number of hydrogen-bond acceptors (Lipinski definition) is 4. The summed E-state index contributed by atoms with van der Waals surface area (Å²) in [5.74, 6) is 0.906. The lowest BCUT2D eigenvalue weighted by atomic mass is 10.2. The second-order valence-electron chi connectivity index (χ2n) is 5.26. The van der Waals surface area contributed by atoms with Gasteiger partial charge in [0.05, 0.1) is 12.8 Å². The van der Waals surface area contributed by atoms with Gasteiger partial charge >= 0.3 is 0 Å². The van der Waals surface area contributed by atoms with Crippen molar-refractivity contribution in [3.63, 3.8) is 0 Å². The fourth-order valence-corrected chi connectivity index (χ4v) is 2.74. The molecule has 0 spiro atoms. The highest BCUT2D eigenvalue weighted by atomic mass is 16.5. The molecule has 0 bridgehead atoms. The molecule has 4 nitrogen and oxygen atoms in total. The Balaban J connectivity index is 2.09. The summed E-state index contributed by atoms with van der Waals surface area (Å²) >= 11 is 0. The van der Waals surface area contributed by atoms with Gasteiger partial charge in [0.2, 0.25) is 0 Å². The summed E-state index contributed by atoms with van der Waals surface area (Å²) in [5, 5.41) is 3.44. The van der Waals surface area contributed by atoms with Gasteiger partial charge in [-0.2, -0.15) is 0 Å². The lowest BCUT2D eigenvalue weighted by Crippen LogP contribution is -2.37. The van der Waals surface area contributed by atoms with E-state index in [1.165, 1.54) is 12.8 Å². The minimum Gasteiger partial charge on any atom is -0.497 e. The third-order valence-electron chi connectivity index (χ3n) is 3.64. The Kier molecular flexibility index (Phi) is 5.16. The van der Waals surface area contributed by atoms with Crippen LogP contribution in [0.3, 0.4) is 0 Å². The first-order chi connectivity index (χ1) is 9.22. The number of pyridine rings is 1. The Morgan fingerprint density at radius 3 is 2.95 bits per heavy atom. The summed E-state index contributed by atoms with van der Waals surface area (Å²) in [5.41, 5.74) is 2.13. The van der Waals surface area contributed by atoms with Gasteiger partial charge in [-0.25, -0.2) is 0 Å². The molecular formula is C15H25N3O. The number of nitrogens with one attached hydrogen (secondary N) is 1. The highest BCUT2D eigenvalue weighted by Gasteiger charge is 2.22. The van der Waals surface area contributed by atoms with Gasteiger partial charge in [0.25, 0.3) is 0 Å². The first-order valence-corrected chi connectivity index (χ1v) is 7.19. The molecule has 2 heterocycles. The van der Waals surface area contributed by atoms with Crippen LogP contribution in [-0.4, -0.2) is 42.7 Å². The van der Waals surface area contributed by atoms with E-state index in [4.69, 9.17) is 4.74 Å². The van der Waals surface area contributed by atoms with E-state index >= 15 is 0 Å². The SMILES string of the molecule is CCCN(Cc1cc(OC)cc(C)n1)C1CCNC1. The number of hydrogen-bond donors (Lipinski definition) is 1. The van der Waals surface area contributed by atoms with Gasteiger partial charge in [-0.1, -0.05) is 6.92 Å². The van der Waals surface area contributed by atoms with Crippen molar-refractivity contribution in [2.24, 2.45) is 0 Å². The maximum absolute atomic E-state index is 5.33. The minimum atomic E-state index is 0.647. The molecule has 0 aliphatic carbocycles. The average molecular weight is 263 g/mol. The molecule has 1 unspecified atom stereocenters. The Morgan fingerprint density at radius 1 is 1.47 bits per heavy atom. The lowest BCUT2D eigenvalue weighted by molar-refractivity contribution is 0.197. The van der Waals surface area contributed by atoms with E-state index in [0.29, 0.717) is 6.04 Å². The Morgan fingerprint density at radius 2 is 2.32 bits per heavy atom. The molecule has 19 heavy (non-hydrogen) atoms. The predicted molar refractivity (Wildman–Crippen MR) is 77.5 cm³/mol. The van der Waals surface area contributed by atoms with E-state index in [1.54, 1.807) is 7.11 Å². The van der Waals surface area contributed by atoms with Crippen LogP contribution in [0.4, 0.5) is 0 Å². The molecule has 1 fully saturated rings. The zero-order valence-electron chi connectivity index (χ0n) is 12.3. The molecule has 1 saturated heterocycles. The lowest BCUT2D eigenvalue weighted by Gasteiger charge is -2.27. The fraction of sp³-hybridized carbons (Fsp3) is 0.667. The van der Waals surface area contributed by atoms with Crippen molar-refractivity contribution < 1.29 is 4.74 Å². The van der Waals surface area contributed by atoms with Crippen LogP contribution in [0.25, 0.3) is 0 Å². The van der Waals surface area contributed by atoms with Crippen LogP contribution in [0, 0.1) is 6.92 Å². The standard InChI is InChI=1S/C15H25N3O/c1-4-7-18(14-5-6-16-10-14)11-13-9-15(19-3)8-12(2)17-13/h8-9,14,16H,4-7,10-11H2,1-3H3. The van der Waals surface area contributed by atoms with Crippen LogP contribution in [-0.2, 0) is 6.54 Å². The summed E-state index contributed by atoms with van der Waals surface area (Å²) < 4.78 is 5.33. The van der Waals surface area contributed by atoms with Crippen LogP contribution in [0.2, 0.25) is 0 Å². The van der Waals surface area contributed by atoms with Gasteiger partial charge in [0, 0.05) is 37.0 Å². The first kappa shape index (κ1) is 14.3. The smallest absolute Gasteiger partial charge is 0.122 e. The van der Waals surface area contributed by atoms with E-state index in [0.717, 1.165) is 43.3 Å². The molecule has 0 radical (unpaired) electrons. The Labute approximate surface area is 116 Å². The highest BCUT2D eigenvalue weighted by Crippen LogP contribution is 2.17. The third-order valence-corrected chi connectivity index (χ3v) is 3.64. The normalized spacial score (nSPS) is 19.1. The Bertz CT molecular complexity index is 402. The molecule has 1 N–H and O–H groups in total. The number of methoxy groups -OCH3 is 1. The maximum Gasteiger partial charge on any atom is 0.122 e. The van der Waals surface area contributed by atoms with Gasteiger partial charge in [-0.3, -0.25) is 9.88 Å². The Hall–Kier alpha value is -1.13. The molecule has 1 aromatic heterocycles. The molecule has 0 saturated carbocycles. The molecule has 1 atom stereocenters. The van der Waals surface area contributed by atoms with Crippen LogP contribution in [0.15, 0.2) is 12.1 Å². The fourth-order valence-electron chi connectivity index (χ4n) is 2.74. The van der Waals surface area contributed by atoms with E-state index in [2.05, 4.69) is 28.2 Å². The van der Waals surface area contributed by atoms with E-state index in [9.17, 15) is 0 Å². The van der Waals surface area contributed by atoms with Crippen molar-refractivity contribution in [1.29, 1.82) is 0 Å². The van der Waals surface area contributed by atoms with E-state index < -0.39 is 0 Å². The zero-order valence-corrected chi connectivity index (χ0v) is 12.3. The number of ether oxygens (including phenoxy) is 1. The molecule has 1 aliphatic heterocycles. The highest BCUT2D eigenvalue weighted by molar-refractivity contribution is 5.26. The van der Waals surface area contributed by atoms with E-state index in [-0.39, 0.29) is 0 Å². The summed E-state index contributed by atoms with van der Waals surface area (Å²) in [7, 11) is 1.71. The molecular weight excluding hydrogens is 238 g/mol. The van der Waals surface area contributed by atoms with Crippen LogP contribution >= 0.6 is 0 Å². The number of aryl methyl sites for hydroxylation is 1. The predicted octanol–water partition coefficient (Wildman–Crippen LogP) is 1.97. The molecule has 106 valence electrons. The zero-order chi connectivity index (χ0) is 13.7. The van der Waals surface area contributed by atoms with Crippen LogP contribution in [0.1, 0.15) is 31.2 Å². The molecule has 4 heteroatoms. The second-order valence-corrected chi connectivity index (χ2v) is 5.26. The van der Waals surface area contributed by atoms with Crippen molar-refractivity contribution in [3.8, 4) is 5.75 Å². The number of nitrogens with zero attached hydrogens (tertiary/aromatic N) is 2. The van der Waals surface area contributed by atoms with E-state index in [1.807, 2.05) is 13.0 Å². The first-order valence-electron chi connectivity index (χ1n) is 7.19. The summed E-state index contributed by atoms with van der Waals surface area (Å²) in [6.07, 6.45) is 2.42. The molecule has 2 rings (SSSR count). The van der Waals surface area contributed by atoms with Crippen molar-refractivity contribution in [2.45, 2.75) is 39.3 Å². The van der Waals surface area contributed by atoms with Crippen molar-refractivity contribution in [2.75, 3.05) is 26.7 Å². The maximum atomic E-state index is 5.33. The summed E-state index contributed by atoms with van der Waals surface area (Å²) in [6, 6.07) is 4.68. The summed E-state index contributed by atoms with van der Waals surface area (Å²) in [4.78, 5) is 7.18. The number of rotatable bonds is 6.